The molecule has 1 aromatic rings. The summed E-state index contributed by atoms with van der Waals surface area (Å²) >= 11 is 0. The monoisotopic (exact) mass is 321 g/mol. The number of nitrogens with one attached hydrogen (secondary N) is 1. The summed E-state index contributed by atoms with van der Waals surface area (Å²) < 4.78 is 10.6. The second-order valence-electron chi connectivity index (χ2n) is 5.47. The average molecular weight is 321 g/mol. The van der Waals surface area contributed by atoms with E-state index >= 15 is 0 Å². The molecule has 23 heavy (non-hydrogen) atoms. The second kappa shape index (κ2) is 7.82. The van der Waals surface area contributed by atoms with Gasteiger partial charge >= 0.3 is 6.03 Å². The fourth-order valence-electron chi connectivity index (χ4n) is 2.98. The number of primary amides is 1. The normalized spacial score (nSPS) is 17.7. The number of ether oxygens (including phenoxy) is 2. The first-order valence-corrected chi connectivity index (χ1v) is 7.60. The van der Waals surface area contributed by atoms with E-state index in [9.17, 15) is 9.59 Å². The SMILES string of the molecule is COc1ccc([C@H]2CCCN2CCC(=O)NC(N)=O)cc1OC. The third-order valence-corrected chi connectivity index (χ3v) is 4.04. The van der Waals surface area contributed by atoms with Crippen molar-refractivity contribution in [3.8, 4) is 11.5 Å². The number of methoxy groups -OCH3 is 2. The summed E-state index contributed by atoms with van der Waals surface area (Å²) in [5.74, 6) is 1.04. The van der Waals surface area contributed by atoms with Gasteiger partial charge in [0.15, 0.2) is 11.5 Å². The Kier molecular flexibility index (Phi) is 5.81. The van der Waals surface area contributed by atoms with Gasteiger partial charge in [-0.05, 0) is 37.1 Å². The van der Waals surface area contributed by atoms with E-state index in [-0.39, 0.29) is 18.4 Å². The molecule has 1 atom stereocenters. The van der Waals surface area contributed by atoms with Crippen molar-refractivity contribution in [1.29, 1.82) is 0 Å². The van der Waals surface area contributed by atoms with E-state index in [0.29, 0.717) is 18.0 Å². The van der Waals surface area contributed by atoms with Gasteiger partial charge in [0.25, 0.3) is 0 Å². The lowest BCUT2D eigenvalue weighted by molar-refractivity contribution is -0.120. The van der Waals surface area contributed by atoms with Gasteiger partial charge in [0.05, 0.1) is 14.2 Å². The Morgan fingerprint density at radius 1 is 1.30 bits per heavy atom. The molecule has 1 aliphatic rings. The minimum absolute atomic E-state index is 0.233. The topological polar surface area (TPSA) is 93.9 Å². The summed E-state index contributed by atoms with van der Waals surface area (Å²) in [5, 5.41) is 2.09. The van der Waals surface area contributed by atoms with Crippen molar-refractivity contribution in [3.05, 3.63) is 23.8 Å². The van der Waals surface area contributed by atoms with Crippen LogP contribution < -0.4 is 20.5 Å². The highest BCUT2D eigenvalue weighted by atomic mass is 16.5. The number of urea groups is 1. The Labute approximate surface area is 135 Å². The Morgan fingerprint density at radius 3 is 2.70 bits per heavy atom. The number of carbonyl (C=O) groups excluding carboxylic acids is 2. The molecule has 1 aromatic carbocycles. The highest BCUT2D eigenvalue weighted by molar-refractivity contribution is 5.93. The Hall–Kier alpha value is -2.28. The lowest BCUT2D eigenvalue weighted by Gasteiger charge is -2.25. The minimum Gasteiger partial charge on any atom is -0.493 e. The third-order valence-electron chi connectivity index (χ3n) is 4.04. The Balaban J connectivity index is 2.03. The van der Waals surface area contributed by atoms with Crippen molar-refractivity contribution in [2.24, 2.45) is 5.73 Å². The molecule has 0 radical (unpaired) electrons. The van der Waals surface area contributed by atoms with E-state index in [0.717, 1.165) is 24.9 Å². The van der Waals surface area contributed by atoms with E-state index in [1.807, 2.05) is 18.2 Å². The van der Waals surface area contributed by atoms with Crippen molar-refractivity contribution in [2.45, 2.75) is 25.3 Å². The minimum atomic E-state index is -0.812. The number of nitrogens with zero attached hydrogens (tertiary/aromatic N) is 1. The Bertz CT molecular complexity index is 576. The molecular formula is C16H23N3O4. The first kappa shape index (κ1) is 17.1. The number of rotatable bonds is 6. The maximum Gasteiger partial charge on any atom is 0.318 e. The van der Waals surface area contributed by atoms with Gasteiger partial charge in [-0.2, -0.15) is 0 Å². The summed E-state index contributed by atoms with van der Waals surface area (Å²) in [5.41, 5.74) is 6.08. The van der Waals surface area contributed by atoms with Gasteiger partial charge < -0.3 is 15.2 Å². The first-order chi connectivity index (χ1) is 11.0. The van der Waals surface area contributed by atoms with Crippen molar-refractivity contribution < 1.29 is 19.1 Å². The third kappa shape index (κ3) is 4.35. The molecule has 1 fully saturated rings. The molecule has 0 aliphatic carbocycles. The van der Waals surface area contributed by atoms with E-state index in [1.54, 1.807) is 14.2 Å². The Morgan fingerprint density at radius 2 is 2.04 bits per heavy atom. The van der Waals surface area contributed by atoms with E-state index in [4.69, 9.17) is 15.2 Å². The van der Waals surface area contributed by atoms with Crippen LogP contribution in [0.4, 0.5) is 4.79 Å². The smallest absolute Gasteiger partial charge is 0.318 e. The molecule has 3 amide bonds. The second-order valence-corrected chi connectivity index (χ2v) is 5.47. The fraction of sp³-hybridized carbons (Fsp3) is 0.500. The van der Waals surface area contributed by atoms with Gasteiger partial charge in [0.2, 0.25) is 5.91 Å². The van der Waals surface area contributed by atoms with Crippen LogP contribution in [-0.4, -0.2) is 44.1 Å². The van der Waals surface area contributed by atoms with Gasteiger partial charge in [0.1, 0.15) is 0 Å². The van der Waals surface area contributed by atoms with Crippen LogP contribution in [0.1, 0.15) is 30.9 Å². The van der Waals surface area contributed by atoms with Gasteiger partial charge in [-0.3, -0.25) is 15.0 Å². The van der Waals surface area contributed by atoms with Gasteiger partial charge in [-0.15, -0.1) is 0 Å². The lowest BCUT2D eigenvalue weighted by atomic mass is 10.0. The fourth-order valence-corrected chi connectivity index (χ4v) is 2.98. The molecule has 0 aromatic heterocycles. The van der Waals surface area contributed by atoms with Crippen LogP contribution in [0, 0.1) is 0 Å². The molecule has 3 N–H and O–H groups in total. The highest BCUT2D eigenvalue weighted by Gasteiger charge is 2.27. The number of benzene rings is 1. The zero-order valence-corrected chi connectivity index (χ0v) is 13.5. The standard InChI is InChI=1S/C16H23N3O4/c1-22-13-6-5-11(10-14(13)23-2)12-4-3-8-19(12)9-7-15(20)18-16(17)21/h5-6,10,12H,3-4,7-9H2,1-2H3,(H3,17,18,20,21)/t12-/m1/s1. The van der Waals surface area contributed by atoms with Crippen LogP contribution in [0.2, 0.25) is 0 Å². The summed E-state index contributed by atoms with van der Waals surface area (Å²) in [6, 6.07) is 5.31. The van der Waals surface area contributed by atoms with Gasteiger partial charge in [-0.1, -0.05) is 6.07 Å². The molecule has 2 rings (SSSR count). The molecule has 7 nitrogen and oxygen atoms in total. The van der Waals surface area contributed by atoms with Gasteiger partial charge in [0, 0.05) is 19.0 Å². The number of carbonyl (C=O) groups is 2. The number of likely N-dealkylation sites (tertiary alicyclic amines) is 1. The predicted octanol–water partition coefficient (Wildman–Crippen LogP) is 1.43. The lowest BCUT2D eigenvalue weighted by Crippen LogP contribution is -2.37. The molecule has 7 heteroatoms. The maximum absolute atomic E-state index is 11.6. The van der Waals surface area contributed by atoms with Crippen LogP contribution in [0.15, 0.2) is 18.2 Å². The summed E-state index contributed by atoms with van der Waals surface area (Å²) in [6.07, 6.45) is 2.33. The number of hydrogen-bond acceptors (Lipinski definition) is 5. The molecule has 1 saturated heterocycles. The average Bonchev–Trinajstić information content (AvgIpc) is 3.00. The maximum atomic E-state index is 11.6. The van der Waals surface area contributed by atoms with E-state index in [2.05, 4.69) is 10.2 Å². The quantitative estimate of drug-likeness (QED) is 0.826. The number of imide groups is 1. The van der Waals surface area contributed by atoms with Crippen molar-refractivity contribution >= 4 is 11.9 Å². The zero-order chi connectivity index (χ0) is 16.8. The number of nitrogens with two attached hydrogens (primary N) is 1. The van der Waals surface area contributed by atoms with Crippen LogP contribution >= 0.6 is 0 Å². The number of amides is 3. The molecule has 1 heterocycles. The summed E-state index contributed by atoms with van der Waals surface area (Å²) in [4.78, 5) is 24.5. The highest BCUT2D eigenvalue weighted by Crippen LogP contribution is 2.36. The van der Waals surface area contributed by atoms with Crippen molar-refractivity contribution in [3.63, 3.8) is 0 Å². The molecule has 0 saturated carbocycles. The van der Waals surface area contributed by atoms with Crippen molar-refractivity contribution in [2.75, 3.05) is 27.3 Å². The van der Waals surface area contributed by atoms with Crippen molar-refractivity contribution in [1.82, 2.24) is 10.2 Å². The largest absolute Gasteiger partial charge is 0.493 e. The molecule has 0 unspecified atom stereocenters. The van der Waals surface area contributed by atoms with Gasteiger partial charge in [-0.25, -0.2) is 4.79 Å². The van der Waals surface area contributed by atoms with Crippen LogP contribution in [0.5, 0.6) is 11.5 Å². The first-order valence-electron chi connectivity index (χ1n) is 7.60. The zero-order valence-electron chi connectivity index (χ0n) is 13.5. The van der Waals surface area contributed by atoms with E-state index < -0.39 is 6.03 Å². The van der Waals surface area contributed by atoms with Crippen LogP contribution in [-0.2, 0) is 4.79 Å². The molecular weight excluding hydrogens is 298 g/mol. The molecule has 126 valence electrons. The van der Waals surface area contributed by atoms with Crippen LogP contribution in [0.25, 0.3) is 0 Å². The molecule has 0 spiro atoms. The summed E-state index contributed by atoms with van der Waals surface area (Å²) in [6.45, 7) is 1.50. The van der Waals surface area contributed by atoms with E-state index in [1.165, 1.54) is 0 Å². The summed E-state index contributed by atoms with van der Waals surface area (Å²) in [7, 11) is 3.22. The molecule has 1 aliphatic heterocycles. The molecule has 0 bridgehead atoms. The predicted molar refractivity (Wildman–Crippen MR) is 85.4 cm³/mol. The van der Waals surface area contributed by atoms with Crippen LogP contribution in [0.3, 0.4) is 0 Å². The number of hydrogen-bond donors (Lipinski definition) is 2.